The lowest BCUT2D eigenvalue weighted by Gasteiger charge is -2.28. The first-order valence-electron chi connectivity index (χ1n) is 9.47. The summed E-state index contributed by atoms with van der Waals surface area (Å²) in [7, 11) is 0. The topological polar surface area (TPSA) is 52.6 Å². The Kier molecular flexibility index (Phi) is 7.03. The molecular weight excluding hydrogens is 342 g/mol. The fraction of sp³-hybridized carbons (Fsp3) is 0.500. The smallest absolute Gasteiger partial charge is 0.191 e. The number of thiazole rings is 1. The molecule has 1 aromatic heterocycles. The molecule has 0 radical (unpaired) electrons. The summed E-state index contributed by atoms with van der Waals surface area (Å²) in [6.07, 6.45) is 4.19. The van der Waals surface area contributed by atoms with Gasteiger partial charge in [-0.1, -0.05) is 24.3 Å². The molecule has 0 unspecified atom stereocenters. The van der Waals surface area contributed by atoms with E-state index >= 15 is 0 Å². The molecule has 1 aliphatic heterocycles. The summed E-state index contributed by atoms with van der Waals surface area (Å²) in [4.78, 5) is 12.8. The lowest BCUT2D eigenvalue weighted by Crippen LogP contribution is -2.39. The first kappa shape index (κ1) is 18.9. The Morgan fingerprint density at radius 3 is 2.88 bits per heavy atom. The molecule has 0 atom stereocenters. The van der Waals surface area contributed by atoms with E-state index in [1.165, 1.54) is 22.4 Å². The van der Waals surface area contributed by atoms with Crippen LogP contribution in [0.1, 0.15) is 34.4 Å². The molecule has 0 bridgehead atoms. The predicted molar refractivity (Wildman–Crippen MR) is 110 cm³/mol. The van der Waals surface area contributed by atoms with Crippen molar-refractivity contribution in [2.24, 2.45) is 4.99 Å². The summed E-state index contributed by atoms with van der Waals surface area (Å²) in [5.41, 5.74) is 3.00. The first-order chi connectivity index (χ1) is 12.7. The standard InChI is InChI=1S/C20H29N5S/c1-3-21-20(24-14-19-23-13-16(2)26-19)22-10-6-11-25-12-9-17-7-4-5-8-18(17)15-25/h4-5,7-8,13H,3,6,9-12,14-15H2,1-2H3,(H2,21,22,24). The Balaban J connectivity index is 1.41. The highest BCUT2D eigenvalue weighted by atomic mass is 32.1. The summed E-state index contributed by atoms with van der Waals surface area (Å²) in [6, 6.07) is 8.81. The molecular formula is C20H29N5S. The van der Waals surface area contributed by atoms with E-state index in [1.54, 1.807) is 11.3 Å². The molecule has 2 N–H and O–H groups in total. The van der Waals surface area contributed by atoms with Crippen LogP contribution in [0.4, 0.5) is 0 Å². The van der Waals surface area contributed by atoms with Crippen LogP contribution in [0.3, 0.4) is 0 Å². The van der Waals surface area contributed by atoms with Crippen molar-refractivity contribution in [3.8, 4) is 0 Å². The molecule has 1 aliphatic rings. The average molecular weight is 372 g/mol. The van der Waals surface area contributed by atoms with Gasteiger partial charge in [-0.05, 0) is 37.8 Å². The first-order valence-corrected chi connectivity index (χ1v) is 10.3. The van der Waals surface area contributed by atoms with Crippen LogP contribution >= 0.6 is 11.3 Å². The van der Waals surface area contributed by atoms with Crippen LogP contribution in [0, 0.1) is 6.92 Å². The highest BCUT2D eigenvalue weighted by Crippen LogP contribution is 2.18. The van der Waals surface area contributed by atoms with E-state index < -0.39 is 0 Å². The molecule has 0 aliphatic carbocycles. The fourth-order valence-electron chi connectivity index (χ4n) is 3.22. The lowest BCUT2D eigenvalue weighted by molar-refractivity contribution is 0.251. The monoisotopic (exact) mass is 371 g/mol. The lowest BCUT2D eigenvalue weighted by atomic mass is 10.00. The van der Waals surface area contributed by atoms with E-state index in [9.17, 15) is 0 Å². The van der Waals surface area contributed by atoms with Crippen LogP contribution in [0.5, 0.6) is 0 Å². The van der Waals surface area contributed by atoms with Crippen LogP contribution < -0.4 is 10.6 Å². The summed E-state index contributed by atoms with van der Waals surface area (Å²) in [5, 5.41) is 7.82. The zero-order chi connectivity index (χ0) is 18.2. The van der Waals surface area contributed by atoms with E-state index in [0.29, 0.717) is 6.54 Å². The van der Waals surface area contributed by atoms with Crippen molar-refractivity contribution in [3.63, 3.8) is 0 Å². The molecule has 6 heteroatoms. The van der Waals surface area contributed by atoms with Crippen molar-refractivity contribution in [2.45, 2.75) is 39.8 Å². The molecule has 0 fully saturated rings. The van der Waals surface area contributed by atoms with Crippen molar-refractivity contribution in [3.05, 3.63) is 51.5 Å². The van der Waals surface area contributed by atoms with E-state index in [2.05, 4.69) is 63.6 Å². The third-order valence-corrected chi connectivity index (χ3v) is 5.44. The number of aliphatic imine (C=N–C) groups is 1. The number of nitrogens with zero attached hydrogens (tertiary/aromatic N) is 3. The largest absolute Gasteiger partial charge is 0.357 e. The quantitative estimate of drug-likeness (QED) is 0.446. The number of hydrogen-bond acceptors (Lipinski definition) is 4. The van der Waals surface area contributed by atoms with Gasteiger partial charge in [0.1, 0.15) is 5.01 Å². The van der Waals surface area contributed by atoms with E-state index in [4.69, 9.17) is 0 Å². The second-order valence-electron chi connectivity index (χ2n) is 6.64. The molecule has 0 spiro atoms. The molecule has 0 amide bonds. The normalized spacial score (nSPS) is 14.9. The number of nitrogens with one attached hydrogen (secondary N) is 2. The van der Waals surface area contributed by atoms with Gasteiger partial charge >= 0.3 is 0 Å². The number of guanidine groups is 1. The molecule has 3 rings (SSSR count). The SMILES string of the molecule is CCNC(=NCc1ncc(C)s1)NCCCN1CCc2ccccc2C1. The maximum atomic E-state index is 4.64. The van der Waals surface area contributed by atoms with Crippen molar-refractivity contribution in [1.82, 2.24) is 20.5 Å². The van der Waals surface area contributed by atoms with Gasteiger partial charge in [0.25, 0.3) is 0 Å². The highest BCUT2D eigenvalue weighted by molar-refractivity contribution is 7.11. The molecule has 5 nitrogen and oxygen atoms in total. The third kappa shape index (κ3) is 5.54. The minimum absolute atomic E-state index is 0.636. The number of fused-ring (bicyclic) bond motifs is 1. The molecule has 140 valence electrons. The molecule has 0 saturated carbocycles. The highest BCUT2D eigenvalue weighted by Gasteiger charge is 2.14. The van der Waals surface area contributed by atoms with E-state index in [1.807, 2.05) is 6.20 Å². The average Bonchev–Trinajstić information content (AvgIpc) is 3.08. The Hall–Kier alpha value is -1.92. The number of benzene rings is 1. The second kappa shape index (κ2) is 9.69. The fourth-order valence-corrected chi connectivity index (χ4v) is 3.93. The summed E-state index contributed by atoms with van der Waals surface area (Å²) in [6.45, 7) is 9.96. The van der Waals surface area contributed by atoms with Gasteiger partial charge in [0.15, 0.2) is 5.96 Å². The third-order valence-electron chi connectivity index (χ3n) is 4.54. The Labute approximate surface area is 160 Å². The second-order valence-corrected chi connectivity index (χ2v) is 7.95. The van der Waals surface area contributed by atoms with Crippen molar-refractivity contribution in [1.29, 1.82) is 0 Å². The van der Waals surface area contributed by atoms with Crippen molar-refractivity contribution < 1.29 is 0 Å². The van der Waals surface area contributed by atoms with Crippen molar-refractivity contribution in [2.75, 3.05) is 26.2 Å². The summed E-state index contributed by atoms with van der Waals surface area (Å²) in [5.74, 6) is 0.879. The van der Waals surface area contributed by atoms with Gasteiger partial charge in [-0.15, -0.1) is 11.3 Å². The van der Waals surface area contributed by atoms with Gasteiger partial charge in [-0.25, -0.2) is 9.98 Å². The Morgan fingerprint density at radius 1 is 1.27 bits per heavy atom. The maximum absolute atomic E-state index is 4.64. The summed E-state index contributed by atoms with van der Waals surface area (Å²) >= 11 is 1.71. The summed E-state index contributed by atoms with van der Waals surface area (Å²) < 4.78 is 0. The van der Waals surface area contributed by atoms with Crippen LogP contribution in [0.2, 0.25) is 0 Å². The minimum Gasteiger partial charge on any atom is -0.357 e. The minimum atomic E-state index is 0.636. The number of aryl methyl sites for hydroxylation is 1. The van der Waals surface area contributed by atoms with Gasteiger partial charge in [-0.2, -0.15) is 0 Å². The van der Waals surface area contributed by atoms with Gasteiger partial charge in [0.2, 0.25) is 0 Å². The molecule has 2 heterocycles. The predicted octanol–water partition coefficient (Wildman–Crippen LogP) is 2.96. The van der Waals surface area contributed by atoms with Gasteiger partial charge in [0, 0.05) is 43.8 Å². The van der Waals surface area contributed by atoms with Crippen LogP contribution in [-0.2, 0) is 19.5 Å². The number of rotatable bonds is 7. The Morgan fingerprint density at radius 2 is 2.12 bits per heavy atom. The zero-order valence-electron chi connectivity index (χ0n) is 15.8. The maximum Gasteiger partial charge on any atom is 0.191 e. The zero-order valence-corrected chi connectivity index (χ0v) is 16.6. The molecule has 2 aromatic rings. The van der Waals surface area contributed by atoms with E-state index in [0.717, 1.165) is 50.1 Å². The molecule has 1 aromatic carbocycles. The Bertz CT molecular complexity index is 724. The van der Waals surface area contributed by atoms with Gasteiger partial charge in [0.05, 0.1) is 6.54 Å². The molecule has 0 saturated heterocycles. The van der Waals surface area contributed by atoms with Gasteiger partial charge in [-0.3, -0.25) is 4.90 Å². The van der Waals surface area contributed by atoms with Gasteiger partial charge < -0.3 is 10.6 Å². The number of hydrogen-bond donors (Lipinski definition) is 2. The van der Waals surface area contributed by atoms with Crippen LogP contribution in [-0.4, -0.2) is 42.0 Å². The van der Waals surface area contributed by atoms with E-state index in [-0.39, 0.29) is 0 Å². The van der Waals surface area contributed by atoms with Crippen LogP contribution in [0.25, 0.3) is 0 Å². The van der Waals surface area contributed by atoms with Crippen molar-refractivity contribution >= 4 is 17.3 Å². The number of aromatic nitrogens is 1. The van der Waals surface area contributed by atoms with Crippen LogP contribution in [0.15, 0.2) is 35.5 Å². The molecule has 26 heavy (non-hydrogen) atoms.